The minimum atomic E-state index is -1.30. The summed E-state index contributed by atoms with van der Waals surface area (Å²) in [6.07, 6.45) is 0.360. The van der Waals surface area contributed by atoms with Crippen LogP contribution in [0.15, 0.2) is 24.3 Å². The highest BCUT2D eigenvalue weighted by Gasteiger charge is 2.43. The molecule has 9 atom stereocenters. The van der Waals surface area contributed by atoms with Gasteiger partial charge in [0.2, 0.25) is 23.6 Å². The Balaban J connectivity index is 2.27. The van der Waals surface area contributed by atoms with E-state index in [1.807, 2.05) is 41.5 Å². The maximum absolute atomic E-state index is 14.1. The fourth-order valence-corrected chi connectivity index (χ4v) is 7.45. The standard InChI is InChI=1S/C39H64FN5O8/c1-12-24(6)34(44(9)38(49)33(23(4)5)43-37(48)32(41-8)22(2)3)30(52-10)21-31(46)45-18-14-17-29(45)35(53-11)25(7)36(47)42-28(39(50)51)20-26-15-13-16-27(40)19-26/h13,15-16,19,22-25,28-30,32-35,41H,12,14,17-18,20-21H2,1-11H3,(H,42,47)(H,43,48)(H,50,51)/t24?,25?,28?,29-,30?,32?,33?,34?,35?/m0/s1. The molecule has 1 heterocycles. The van der Waals surface area contributed by atoms with Crippen molar-refractivity contribution in [2.75, 3.05) is 34.9 Å². The number of ether oxygens (including phenoxy) is 2. The zero-order valence-electron chi connectivity index (χ0n) is 33.5. The number of carbonyl (C=O) groups excluding carboxylic acids is 4. The summed E-state index contributed by atoms with van der Waals surface area (Å²) in [7, 11) is 6.37. The third kappa shape index (κ3) is 12.2. The average Bonchev–Trinajstić information content (AvgIpc) is 3.59. The first-order valence-corrected chi connectivity index (χ1v) is 18.8. The van der Waals surface area contributed by atoms with Gasteiger partial charge in [-0.2, -0.15) is 0 Å². The molecule has 1 fully saturated rings. The van der Waals surface area contributed by atoms with Gasteiger partial charge in [-0.1, -0.05) is 67.0 Å². The number of carbonyl (C=O) groups is 5. The molecule has 1 aromatic carbocycles. The molecule has 4 amide bonds. The van der Waals surface area contributed by atoms with E-state index >= 15 is 0 Å². The molecule has 1 aliphatic rings. The largest absolute Gasteiger partial charge is 0.480 e. The first-order chi connectivity index (χ1) is 24.9. The molecular formula is C39H64FN5O8. The molecule has 53 heavy (non-hydrogen) atoms. The molecule has 13 nitrogen and oxygen atoms in total. The fraction of sp³-hybridized carbons (Fsp3) is 0.718. The molecule has 0 saturated carbocycles. The van der Waals surface area contributed by atoms with E-state index in [2.05, 4.69) is 16.0 Å². The van der Waals surface area contributed by atoms with E-state index in [0.717, 1.165) is 0 Å². The molecule has 1 aromatic rings. The van der Waals surface area contributed by atoms with Crippen LogP contribution in [0.25, 0.3) is 0 Å². The molecule has 2 rings (SSSR count). The summed E-state index contributed by atoms with van der Waals surface area (Å²) < 4.78 is 25.5. The highest BCUT2D eigenvalue weighted by Crippen LogP contribution is 2.30. The van der Waals surface area contributed by atoms with Gasteiger partial charge in [-0.3, -0.25) is 19.2 Å². The molecule has 4 N–H and O–H groups in total. The number of aliphatic carboxylic acids is 1. The minimum Gasteiger partial charge on any atom is -0.480 e. The molecule has 8 unspecified atom stereocenters. The van der Waals surface area contributed by atoms with Gasteiger partial charge >= 0.3 is 5.97 Å². The van der Waals surface area contributed by atoms with Crippen molar-refractivity contribution >= 4 is 29.6 Å². The van der Waals surface area contributed by atoms with Crippen LogP contribution in [0.4, 0.5) is 4.39 Å². The zero-order chi connectivity index (χ0) is 40.2. The fourth-order valence-electron chi connectivity index (χ4n) is 7.45. The number of benzene rings is 1. The summed E-state index contributed by atoms with van der Waals surface area (Å²) in [6, 6.07) is 2.02. The van der Waals surface area contributed by atoms with Crippen LogP contribution in [0.2, 0.25) is 0 Å². The van der Waals surface area contributed by atoms with Crippen molar-refractivity contribution in [2.24, 2.45) is 23.7 Å². The highest BCUT2D eigenvalue weighted by molar-refractivity contribution is 5.90. The predicted molar refractivity (Wildman–Crippen MR) is 200 cm³/mol. The number of amides is 4. The molecule has 0 aliphatic carbocycles. The van der Waals surface area contributed by atoms with Crippen LogP contribution in [0.1, 0.15) is 79.7 Å². The highest BCUT2D eigenvalue weighted by atomic mass is 19.1. The van der Waals surface area contributed by atoms with Crippen molar-refractivity contribution in [2.45, 2.75) is 123 Å². The molecule has 0 spiro atoms. The summed E-state index contributed by atoms with van der Waals surface area (Å²) >= 11 is 0. The van der Waals surface area contributed by atoms with Crippen molar-refractivity contribution in [3.05, 3.63) is 35.6 Å². The van der Waals surface area contributed by atoms with E-state index in [1.165, 1.54) is 32.4 Å². The number of nitrogens with zero attached hydrogens (tertiary/aromatic N) is 2. The molecule has 0 aromatic heterocycles. The Morgan fingerprint density at radius 1 is 0.981 bits per heavy atom. The number of likely N-dealkylation sites (N-methyl/N-ethyl adjacent to an activating group) is 2. The lowest BCUT2D eigenvalue weighted by Crippen LogP contribution is -2.59. The number of halogens is 1. The van der Waals surface area contributed by atoms with E-state index in [9.17, 15) is 33.5 Å². The third-order valence-electron chi connectivity index (χ3n) is 10.7. The molecule has 1 saturated heterocycles. The number of rotatable bonds is 21. The molecule has 14 heteroatoms. The van der Waals surface area contributed by atoms with E-state index in [1.54, 1.807) is 36.9 Å². The van der Waals surface area contributed by atoms with E-state index in [-0.39, 0.29) is 48.3 Å². The van der Waals surface area contributed by atoms with Crippen LogP contribution in [0, 0.1) is 29.5 Å². The Labute approximate surface area is 315 Å². The summed E-state index contributed by atoms with van der Waals surface area (Å²) in [5.41, 5.74) is 0.426. The maximum atomic E-state index is 14.1. The lowest BCUT2D eigenvalue weighted by Gasteiger charge is -2.41. The van der Waals surface area contributed by atoms with Gasteiger partial charge in [-0.15, -0.1) is 0 Å². The Morgan fingerprint density at radius 2 is 1.62 bits per heavy atom. The first kappa shape index (κ1) is 45.5. The van der Waals surface area contributed by atoms with E-state index in [0.29, 0.717) is 31.4 Å². The van der Waals surface area contributed by atoms with Crippen molar-refractivity contribution in [3.63, 3.8) is 0 Å². The SMILES string of the molecule is CCC(C)C(C(CC(=O)N1CCC[C@H]1C(OC)C(C)C(=O)NC(Cc1cccc(F)c1)C(=O)O)OC)N(C)C(=O)C(NC(=O)C(NC)C(C)C)C(C)C. The number of methoxy groups -OCH3 is 2. The Morgan fingerprint density at radius 3 is 2.13 bits per heavy atom. The molecule has 1 aliphatic heterocycles. The van der Waals surface area contributed by atoms with Crippen molar-refractivity contribution < 1.29 is 42.9 Å². The number of hydrogen-bond donors (Lipinski definition) is 4. The van der Waals surface area contributed by atoms with Crippen molar-refractivity contribution in [3.8, 4) is 0 Å². The van der Waals surface area contributed by atoms with Crippen LogP contribution in [0.5, 0.6) is 0 Å². The quantitative estimate of drug-likeness (QED) is 0.148. The van der Waals surface area contributed by atoms with E-state index < -0.39 is 66.0 Å². The average molecular weight is 750 g/mol. The number of carboxylic acids is 1. The smallest absolute Gasteiger partial charge is 0.326 e. The van der Waals surface area contributed by atoms with Gasteiger partial charge in [0.15, 0.2) is 0 Å². The van der Waals surface area contributed by atoms with Gasteiger partial charge in [0.25, 0.3) is 0 Å². The van der Waals surface area contributed by atoms with Crippen LogP contribution >= 0.6 is 0 Å². The van der Waals surface area contributed by atoms with Gasteiger partial charge in [0.05, 0.1) is 42.7 Å². The van der Waals surface area contributed by atoms with E-state index in [4.69, 9.17) is 9.47 Å². The van der Waals surface area contributed by atoms with Gasteiger partial charge in [0, 0.05) is 34.2 Å². The number of carboxylic acid groups (broad SMARTS) is 1. The number of likely N-dealkylation sites (tertiary alicyclic amines) is 1. The number of nitrogens with one attached hydrogen (secondary N) is 3. The van der Waals surface area contributed by atoms with Crippen LogP contribution < -0.4 is 16.0 Å². The Bertz CT molecular complexity index is 1380. The lowest BCUT2D eigenvalue weighted by molar-refractivity contribution is -0.148. The topological polar surface area (TPSA) is 167 Å². The second-order valence-corrected chi connectivity index (χ2v) is 15.1. The summed E-state index contributed by atoms with van der Waals surface area (Å²) in [5.74, 6) is -4.18. The Kier molecular flexibility index (Phi) is 18.3. The van der Waals surface area contributed by atoms with Crippen molar-refractivity contribution in [1.82, 2.24) is 25.8 Å². The Hall–Kier alpha value is -3.62. The van der Waals surface area contributed by atoms with Gasteiger partial charge in [0.1, 0.15) is 17.9 Å². The molecular weight excluding hydrogens is 685 g/mol. The molecule has 0 bridgehead atoms. The summed E-state index contributed by atoms with van der Waals surface area (Å²) in [5, 5.41) is 18.4. The van der Waals surface area contributed by atoms with Crippen molar-refractivity contribution in [1.29, 1.82) is 0 Å². The normalized spacial score (nSPS) is 19.1. The predicted octanol–water partition coefficient (Wildman–Crippen LogP) is 3.24. The second kappa shape index (κ2) is 21.3. The monoisotopic (exact) mass is 749 g/mol. The zero-order valence-corrected chi connectivity index (χ0v) is 33.5. The van der Waals surface area contributed by atoms with Gasteiger partial charge < -0.3 is 40.3 Å². The minimum absolute atomic E-state index is 0.00955. The van der Waals surface area contributed by atoms with Crippen LogP contribution in [-0.2, 0) is 39.9 Å². The van der Waals surface area contributed by atoms with Crippen LogP contribution in [0.3, 0.4) is 0 Å². The first-order valence-electron chi connectivity index (χ1n) is 18.8. The lowest BCUT2D eigenvalue weighted by atomic mass is 9.89. The van der Waals surface area contributed by atoms with Gasteiger partial charge in [-0.05, 0) is 55.3 Å². The summed E-state index contributed by atoms with van der Waals surface area (Å²) in [6.45, 7) is 13.7. The number of hydrogen-bond acceptors (Lipinski definition) is 8. The summed E-state index contributed by atoms with van der Waals surface area (Å²) in [4.78, 5) is 70.2. The molecule has 300 valence electrons. The molecule has 0 radical (unpaired) electrons. The third-order valence-corrected chi connectivity index (χ3v) is 10.7. The second-order valence-electron chi connectivity index (χ2n) is 15.1. The van der Waals surface area contributed by atoms with Gasteiger partial charge in [-0.25, -0.2) is 9.18 Å². The van der Waals surface area contributed by atoms with Crippen LogP contribution in [-0.4, -0.2) is 122 Å². The maximum Gasteiger partial charge on any atom is 0.326 e.